The van der Waals surface area contributed by atoms with Crippen LogP contribution in [0.2, 0.25) is 0 Å². The molecule has 5 rings (SSSR count). The lowest BCUT2D eigenvalue weighted by Gasteiger charge is -2.06. The fourth-order valence-corrected chi connectivity index (χ4v) is 6.45. The maximum absolute atomic E-state index is 5.96. The van der Waals surface area contributed by atoms with Crippen LogP contribution in [0.3, 0.4) is 0 Å². The van der Waals surface area contributed by atoms with Gasteiger partial charge in [-0.3, -0.25) is 9.98 Å². The maximum Gasteiger partial charge on any atom is 0.119 e. The van der Waals surface area contributed by atoms with Gasteiger partial charge in [-0.05, 0) is 115 Å². The van der Waals surface area contributed by atoms with E-state index in [9.17, 15) is 0 Å². The van der Waals surface area contributed by atoms with Gasteiger partial charge < -0.3 is 14.0 Å². The van der Waals surface area contributed by atoms with Gasteiger partial charge in [-0.25, -0.2) is 0 Å². The number of fused-ring (bicyclic) bond motifs is 3. The van der Waals surface area contributed by atoms with Crippen molar-refractivity contribution in [1.29, 1.82) is 0 Å². The summed E-state index contributed by atoms with van der Waals surface area (Å²) in [5.74, 6) is 1.84. The summed E-state index contributed by atoms with van der Waals surface area (Å²) in [5.41, 5.74) is 6.43. The highest BCUT2D eigenvalue weighted by atomic mass is 16.5. The zero-order chi connectivity index (χ0) is 34.8. The van der Waals surface area contributed by atoms with Crippen molar-refractivity contribution in [2.24, 2.45) is 9.98 Å². The summed E-state index contributed by atoms with van der Waals surface area (Å²) in [6.07, 6.45) is 20.2. The van der Waals surface area contributed by atoms with Gasteiger partial charge in [-0.15, -0.1) is 0 Å². The second-order valence-electron chi connectivity index (χ2n) is 13.4. The predicted octanol–water partition coefficient (Wildman–Crippen LogP) is 13.2. The van der Waals surface area contributed by atoms with Crippen LogP contribution >= 0.6 is 0 Å². The van der Waals surface area contributed by atoms with Gasteiger partial charge in [0.05, 0.1) is 24.6 Å². The number of aliphatic imine (C=N–C) groups is 2. The third-order valence-corrected chi connectivity index (χ3v) is 9.30. The van der Waals surface area contributed by atoms with E-state index >= 15 is 0 Å². The molecule has 264 valence electrons. The van der Waals surface area contributed by atoms with Crippen molar-refractivity contribution in [3.05, 3.63) is 96.1 Å². The molecule has 0 radical (unpaired) electrons. The van der Waals surface area contributed by atoms with Crippen LogP contribution in [0.5, 0.6) is 11.5 Å². The molecule has 0 amide bonds. The second kappa shape index (κ2) is 20.3. The van der Waals surface area contributed by atoms with Gasteiger partial charge in [0.15, 0.2) is 0 Å². The molecule has 0 unspecified atom stereocenters. The Hall–Kier alpha value is -4.38. The van der Waals surface area contributed by atoms with E-state index < -0.39 is 0 Å². The normalized spacial score (nSPS) is 11.8. The molecule has 4 aromatic carbocycles. The first kappa shape index (κ1) is 36.9. The summed E-state index contributed by atoms with van der Waals surface area (Å²) >= 11 is 0. The number of rotatable bonds is 22. The van der Waals surface area contributed by atoms with Crippen molar-refractivity contribution < 1.29 is 9.47 Å². The molecule has 0 N–H and O–H groups in total. The highest BCUT2D eigenvalue weighted by Crippen LogP contribution is 2.34. The number of unbranched alkanes of at least 4 members (excludes halogenated alkanes) is 10. The highest BCUT2D eigenvalue weighted by molar-refractivity contribution is 6.10. The number of nitrogens with zero attached hydrogens (tertiary/aromatic N) is 3. The van der Waals surface area contributed by atoms with E-state index in [0.717, 1.165) is 73.0 Å². The molecule has 0 bridgehead atoms. The number of benzene rings is 4. The Balaban J connectivity index is 1.22. The molecule has 5 aromatic rings. The van der Waals surface area contributed by atoms with Crippen LogP contribution in [0.25, 0.3) is 21.8 Å². The standard InChI is InChI=1S/C45H57N3O2/c1-4-7-9-11-13-15-30-49-40-23-17-36(18-24-40)34-46-38-21-27-44-42(32-38)43-33-39(22-28-45(43)48(44)29-6-3)47-35-37-19-25-41(26-20-37)50-31-16-14-12-10-8-5-2/h17-28,32-35H,4-16,29-31H2,1-3H3. The Kier molecular flexibility index (Phi) is 15.0. The lowest BCUT2D eigenvalue weighted by Crippen LogP contribution is -1.97. The highest BCUT2D eigenvalue weighted by Gasteiger charge is 2.11. The fraction of sp³-hybridized carbons (Fsp3) is 0.422. The van der Waals surface area contributed by atoms with Crippen LogP contribution in [0.1, 0.15) is 115 Å². The van der Waals surface area contributed by atoms with Gasteiger partial charge in [-0.2, -0.15) is 0 Å². The van der Waals surface area contributed by atoms with Crippen LogP contribution in [0.15, 0.2) is 94.9 Å². The van der Waals surface area contributed by atoms with Crippen LogP contribution in [0, 0.1) is 0 Å². The maximum atomic E-state index is 5.96. The fourth-order valence-electron chi connectivity index (χ4n) is 6.45. The minimum atomic E-state index is 0.778. The number of hydrogen-bond acceptors (Lipinski definition) is 4. The van der Waals surface area contributed by atoms with Crippen LogP contribution in [0.4, 0.5) is 11.4 Å². The van der Waals surface area contributed by atoms with Gasteiger partial charge in [0.1, 0.15) is 11.5 Å². The van der Waals surface area contributed by atoms with Gasteiger partial charge in [0.2, 0.25) is 0 Å². The molecule has 0 aliphatic heterocycles. The van der Waals surface area contributed by atoms with E-state index in [1.54, 1.807) is 0 Å². The Bertz CT molecular complexity index is 1660. The van der Waals surface area contributed by atoms with E-state index in [1.807, 2.05) is 36.7 Å². The zero-order valence-corrected chi connectivity index (χ0v) is 30.7. The van der Waals surface area contributed by atoms with E-state index in [2.05, 4.69) is 86.0 Å². The molecule has 1 aromatic heterocycles. The first-order valence-corrected chi connectivity index (χ1v) is 19.3. The first-order valence-electron chi connectivity index (χ1n) is 19.3. The average Bonchev–Trinajstić information content (AvgIpc) is 3.45. The number of ether oxygens (including phenoxy) is 2. The van der Waals surface area contributed by atoms with Gasteiger partial charge in [0, 0.05) is 40.8 Å². The SMILES string of the molecule is CCCCCCCCOc1ccc(C=Nc2ccc3c(c2)c2cc(N=Cc4ccc(OCCCCCCCC)cc4)ccc2n3CCC)cc1. The van der Waals surface area contributed by atoms with Crippen LogP contribution < -0.4 is 9.47 Å². The molecule has 5 nitrogen and oxygen atoms in total. The van der Waals surface area contributed by atoms with Gasteiger partial charge >= 0.3 is 0 Å². The van der Waals surface area contributed by atoms with E-state index in [0.29, 0.717) is 0 Å². The van der Waals surface area contributed by atoms with Crippen molar-refractivity contribution >= 4 is 45.6 Å². The predicted molar refractivity (Wildman–Crippen MR) is 215 cm³/mol. The van der Waals surface area contributed by atoms with E-state index in [1.165, 1.54) is 86.0 Å². The van der Waals surface area contributed by atoms with Crippen molar-refractivity contribution in [3.8, 4) is 11.5 Å². The smallest absolute Gasteiger partial charge is 0.119 e. The largest absolute Gasteiger partial charge is 0.494 e. The summed E-state index contributed by atoms with van der Waals surface area (Å²) in [6.45, 7) is 9.26. The summed E-state index contributed by atoms with van der Waals surface area (Å²) < 4.78 is 14.3. The molecule has 0 saturated carbocycles. The van der Waals surface area contributed by atoms with Crippen LogP contribution in [-0.4, -0.2) is 30.2 Å². The molecule has 0 saturated heterocycles. The Labute approximate surface area is 300 Å². The summed E-state index contributed by atoms with van der Waals surface area (Å²) in [7, 11) is 0. The molecule has 0 atom stereocenters. The minimum Gasteiger partial charge on any atom is -0.494 e. The topological polar surface area (TPSA) is 48.1 Å². The molecular formula is C45H57N3O2. The molecule has 0 fully saturated rings. The Morgan fingerprint density at radius 3 is 1.32 bits per heavy atom. The Morgan fingerprint density at radius 1 is 0.480 bits per heavy atom. The molecule has 0 aliphatic rings. The van der Waals surface area contributed by atoms with Crippen LogP contribution in [-0.2, 0) is 6.54 Å². The first-order chi connectivity index (χ1) is 24.7. The van der Waals surface area contributed by atoms with Crippen molar-refractivity contribution in [3.63, 3.8) is 0 Å². The lowest BCUT2D eigenvalue weighted by molar-refractivity contribution is 0.304. The number of aryl methyl sites for hydroxylation is 1. The lowest BCUT2D eigenvalue weighted by atomic mass is 10.1. The molecule has 1 heterocycles. The number of hydrogen-bond donors (Lipinski definition) is 0. The molecule has 0 spiro atoms. The molecule has 5 heteroatoms. The van der Waals surface area contributed by atoms with E-state index in [-0.39, 0.29) is 0 Å². The third kappa shape index (κ3) is 11.1. The minimum absolute atomic E-state index is 0.778. The Morgan fingerprint density at radius 2 is 0.900 bits per heavy atom. The monoisotopic (exact) mass is 671 g/mol. The number of aromatic nitrogens is 1. The quantitative estimate of drug-likeness (QED) is 0.0543. The van der Waals surface area contributed by atoms with Crippen molar-refractivity contribution in [2.75, 3.05) is 13.2 Å². The second-order valence-corrected chi connectivity index (χ2v) is 13.4. The molecule has 50 heavy (non-hydrogen) atoms. The molecule has 0 aliphatic carbocycles. The zero-order valence-electron chi connectivity index (χ0n) is 30.7. The van der Waals surface area contributed by atoms with Gasteiger partial charge in [0.25, 0.3) is 0 Å². The summed E-state index contributed by atoms with van der Waals surface area (Å²) in [5, 5.41) is 2.40. The summed E-state index contributed by atoms with van der Waals surface area (Å²) in [6, 6.07) is 29.5. The summed E-state index contributed by atoms with van der Waals surface area (Å²) in [4.78, 5) is 9.72. The van der Waals surface area contributed by atoms with Crippen molar-refractivity contribution in [1.82, 2.24) is 4.57 Å². The van der Waals surface area contributed by atoms with Crippen molar-refractivity contribution in [2.45, 2.75) is 111 Å². The van der Waals surface area contributed by atoms with Gasteiger partial charge in [-0.1, -0.05) is 85.0 Å². The average molecular weight is 672 g/mol. The molecular weight excluding hydrogens is 615 g/mol. The third-order valence-electron chi connectivity index (χ3n) is 9.30. The van der Waals surface area contributed by atoms with E-state index in [4.69, 9.17) is 19.5 Å².